The van der Waals surface area contributed by atoms with Crippen molar-refractivity contribution < 1.29 is 4.79 Å². The number of hydrogen-bond donors (Lipinski definition) is 3. The molecule has 4 N–H and O–H groups in total. The summed E-state index contributed by atoms with van der Waals surface area (Å²) in [5, 5.41) is 7.53. The van der Waals surface area contributed by atoms with Gasteiger partial charge in [0, 0.05) is 18.2 Å². The van der Waals surface area contributed by atoms with E-state index in [1.165, 1.54) is 29.7 Å². The van der Waals surface area contributed by atoms with E-state index in [0.29, 0.717) is 29.1 Å². The summed E-state index contributed by atoms with van der Waals surface area (Å²) in [5.41, 5.74) is 8.11. The van der Waals surface area contributed by atoms with Gasteiger partial charge in [-0.2, -0.15) is 0 Å². The van der Waals surface area contributed by atoms with Crippen LogP contribution < -0.4 is 16.4 Å². The molecule has 0 spiro atoms. The van der Waals surface area contributed by atoms with E-state index in [-0.39, 0.29) is 5.91 Å². The largest absolute Gasteiger partial charge is 0.397 e. The third-order valence-electron chi connectivity index (χ3n) is 3.70. The predicted octanol–water partition coefficient (Wildman–Crippen LogP) is 3.56. The minimum atomic E-state index is -0.0338. The number of amides is 1. The Morgan fingerprint density at radius 1 is 1.45 bits per heavy atom. The summed E-state index contributed by atoms with van der Waals surface area (Å²) in [7, 11) is 0. The highest BCUT2D eigenvalue weighted by Crippen LogP contribution is 2.51. The van der Waals surface area contributed by atoms with Gasteiger partial charge in [-0.05, 0) is 38.5 Å². The van der Waals surface area contributed by atoms with Crippen LogP contribution in [0.2, 0.25) is 0 Å². The Morgan fingerprint density at radius 3 is 2.70 bits per heavy atom. The SMILES string of the molecule is CCCNC(=O)c1sc(NC(C)CC)c(C2CC2)c1N. The summed E-state index contributed by atoms with van der Waals surface area (Å²) < 4.78 is 0. The third-order valence-corrected chi connectivity index (χ3v) is 4.85. The first-order valence-corrected chi connectivity index (χ1v) is 8.36. The van der Waals surface area contributed by atoms with Crippen LogP contribution in [-0.2, 0) is 0 Å². The topological polar surface area (TPSA) is 67.2 Å². The molecule has 0 aliphatic heterocycles. The lowest BCUT2D eigenvalue weighted by atomic mass is 10.1. The van der Waals surface area contributed by atoms with Gasteiger partial charge >= 0.3 is 0 Å². The Morgan fingerprint density at radius 2 is 2.15 bits per heavy atom. The maximum atomic E-state index is 12.2. The monoisotopic (exact) mass is 295 g/mol. The number of nitrogens with one attached hydrogen (secondary N) is 2. The van der Waals surface area contributed by atoms with Gasteiger partial charge in [-0.15, -0.1) is 11.3 Å². The zero-order valence-electron chi connectivity index (χ0n) is 12.6. The second-order valence-corrected chi connectivity index (χ2v) is 6.59. The van der Waals surface area contributed by atoms with E-state index in [1.807, 2.05) is 6.92 Å². The van der Waals surface area contributed by atoms with Crippen LogP contribution in [-0.4, -0.2) is 18.5 Å². The molecule has 1 aliphatic carbocycles. The molecular formula is C15H25N3OS. The summed E-state index contributed by atoms with van der Waals surface area (Å²) in [6.45, 7) is 7.05. The average molecular weight is 295 g/mol. The number of anilines is 2. The van der Waals surface area contributed by atoms with Crippen LogP contribution in [0.15, 0.2) is 0 Å². The maximum absolute atomic E-state index is 12.2. The fraction of sp³-hybridized carbons (Fsp3) is 0.667. The molecule has 4 nitrogen and oxygen atoms in total. The third kappa shape index (κ3) is 3.26. The van der Waals surface area contributed by atoms with E-state index in [1.54, 1.807) is 0 Å². The molecule has 0 radical (unpaired) electrons. The maximum Gasteiger partial charge on any atom is 0.263 e. The quantitative estimate of drug-likeness (QED) is 0.720. The molecule has 0 saturated heterocycles. The molecule has 112 valence electrons. The number of hydrogen-bond acceptors (Lipinski definition) is 4. The van der Waals surface area contributed by atoms with Gasteiger partial charge < -0.3 is 16.4 Å². The molecule has 1 atom stereocenters. The Labute approximate surface area is 125 Å². The van der Waals surface area contributed by atoms with Crippen LogP contribution in [0.4, 0.5) is 10.7 Å². The van der Waals surface area contributed by atoms with E-state index in [0.717, 1.165) is 17.8 Å². The summed E-state index contributed by atoms with van der Waals surface area (Å²) in [4.78, 5) is 12.9. The molecule has 1 fully saturated rings. The molecule has 1 aromatic rings. The number of carbonyl (C=O) groups excluding carboxylic acids is 1. The van der Waals surface area contributed by atoms with Crippen molar-refractivity contribution in [3.8, 4) is 0 Å². The second kappa shape index (κ2) is 6.48. The molecule has 0 bridgehead atoms. The van der Waals surface area contributed by atoms with E-state index in [4.69, 9.17) is 5.73 Å². The van der Waals surface area contributed by atoms with Crippen molar-refractivity contribution in [3.63, 3.8) is 0 Å². The minimum absolute atomic E-state index is 0.0338. The van der Waals surface area contributed by atoms with Crippen LogP contribution in [0.3, 0.4) is 0 Å². The average Bonchev–Trinajstić information content (AvgIpc) is 3.21. The fourth-order valence-electron chi connectivity index (χ4n) is 2.15. The molecule has 0 aromatic carbocycles. The Hall–Kier alpha value is -1.23. The van der Waals surface area contributed by atoms with Crippen molar-refractivity contribution in [3.05, 3.63) is 10.4 Å². The molecule has 1 heterocycles. The fourth-order valence-corrected chi connectivity index (χ4v) is 3.39. The molecule has 1 aromatic heterocycles. The Bertz CT molecular complexity index is 480. The van der Waals surface area contributed by atoms with E-state index < -0.39 is 0 Å². The van der Waals surface area contributed by atoms with Gasteiger partial charge in [0.15, 0.2) is 0 Å². The molecule has 1 unspecified atom stereocenters. The first-order valence-electron chi connectivity index (χ1n) is 7.55. The van der Waals surface area contributed by atoms with Crippen LogP contribution >= 0.6 is 11.3 Å². The summed E-state index contributed by atoms with van der Waals surface area (Å²) in [6, 6.07) is 0.400. The minimum Gasteiger partial charge on any atom is -0.397 e. The lowest BCUT2D eigenvalue weighted by Crippen LogP contribution is -2.23. The first kappa shape index (κ1) is 15.2. The highest BCUT2D eigenvalue weighted by Gasteiger charge is 2.33. The van der Waals surface area contributed by atoms with Gasteiger partial charge in [-0.3, -0.25) is 4.79 Å². The molecule has 1 amide bonds. The predicted molar refractivity (Wildman–Crippen MR) is 86.7 cm³/mol. The van der Waals surface area contributed by atoms with E-state index >= 15 is 0 Å². The standard InChI is InChI=1S/C15H25N3OS/c1-4-8-17-14(19)13-12(16)11(10-6-7-10)15(20-13)18-9(3)5-2/h9-10,18H,4-8,16H2,1-3H3,(H,17,19). The zero-order valence-corrected chi connectivity index (χ0v) is 13.4. The Kier molecular flexibility index (Phi) is 4.91. The second-order valence-electron chi connectivity index (χ2n) is 5.57. The van der Waals surface area contributed by atoms with Crippen molar-refractivity contribution in [2.24, 2.45) is 0 Å². The molecule has 2 rings (SSSR count). The highest BCUT2D eigenvalue weighted by atomic mass is 32.1. The summed E-state index contributed by atoms with van der Waals surface area (Å²) in [5.74, 6) is 0.513. The van der Waals surface area contributed by atoms with Crippen molar-refractivity contribution in [1.29, 1.82) is 0 Å². The van der Waals surface area contributed by atoms with Gasteiger partial charge in [-0.1, -0.05) is 13.8 Å². The molecule has 5 heteroatoms. The lowest BCUT2D eigenvalue weighted by Gasteiger charge is -2.13. The van der Waals surface area contributed by atoms with Gasteiger partial charge in [0.2, 0.25) is 0 Å². The smallest absolute Gasteiger partial charge is 0.263 e. The van der Waals surface area contributed by atoms with Crippen LogP contribution in [0.1, 0.15) is 67.6 Å². The first-order chi connectivity index (χ1) is 9.58. The highest BCUT2D eigenvalue weighted by molar-refractivity contribution is 7.18. The van der Waals surface area contributed by atoms with Crippen LogP contribution in [0.5, 0.6) is 0 Å². The van der Waals surface area contributed by atoms with Crippen molar-refractivity contribution in [2.45, 2.75) is 58.4 Å². The summed E-state index contributed by atoms with van der Waals surface area (Å²) >= 11 is 1.51. The number of thiophene rings is 1. The molecule has 1 saturated carbocycles. The number of carbonyl (C=O) groups is 1. The molecular weight excluding hydrogens is 270 g/mol. The van der Waals surface area contributed by atoms with Gasteiger partial charge in [0.05, 0.1) is 10.7 Å². The van der Waals surface area contributed by atoms with E-state index in [9.17, 15) is 4.79 Å². The van der Waals surface area contributed by atoms with Gasteiger partial charge in [-0.25, -0.2) is 0 Å². The molecule has 20 heavy (non-hydrogen) atoms. The van der Waals surface area contributed by atoms with Crippen molar-refractivity contribution >= 4 is 27.9 Å². The van der Waals surface area contributed by atoms with Crippen LogP contribution in [0, 0.1) is 0 Å². The number of nitrogens with two attached hydrogens (primary N) is 1. The number of nitrogen functional groups attached to an aromatic ring is 1. The normalized spacial score (nSPS) is 15.9. The lowest BCUT2D eigenvalue weighted by molar-refractivity contribution is 0.0958. The van der Waals surface area contributed by atoms with Crippen molar-refractivity contribution in [1.82, 2.24) is 5.32 Å². The Balaban J connectivity index is 2.24. The van der Waals surface area contributed by atoms with E-state index in [2.05, 4.69) is 24.5 Å². The summed E-state index contributed by atoms with van der Waals surface area (Å²) in [6.07, 6.45) is 4.36. The zero-order chi connectivity index (χ0) is 14.7. The van der Waals surface area contributed by atoms with Crippen molar-refractivity contribution in [2.75, 3.05) is 17.6 Å². The molecule has 1 aliphatic rings. The van der Waals surface area contributed by atoms with Crippen LogP contribution in [0.25, 0.3) is 0 Å². The van der Waals surface area contributed by atoms with Gasteiger partial charge in [0.25, 0.3) is 5.91 Å². The number of rotatable bonds is 7. The van der Waals surface area contributed by atoms with Gasteiger partial charge in [0.1, 0.15) is 4.88 Å².